The molecule has 0 radical (unpaired) electrons. The molecule has 1 saturated heterocycles. The lowest BCUT2D eigenvalue weighted by Gasteiger charge is -2.27. The number of amides is 3. The van der Waals surface area contributed by atoms with Crippen LogP contribution in [-0.2, 0) is 14.3 Å². The second-order valence-electron chi connectivity index (χ2n) is 10.9. The van der Waals surface area contributed by atoms with Gasteiger partial charge in [-0.3, -0.25) is 4.79 Å². The summed E-state index contributed by atoms with van der Waals surface area (Å²) in [5, 5.41) is 14.9. The summed E-state index contributed by atoms with van der Waals surface area (Å²) in [5.41, 5.74) is 3.94. The van der Waals surface area contributed by atoms with Crippen LogP contribution in [0.15, 0.2) is 48.5 Å². The molecule has 1 aliphatic heterocycles. The van der Waals surface area contributed by atoms with E-state index in [1.54, 1.807) is 20.8 Å². The molecule has 0 saturated carbocycles. The minimum absolute atomic E-state index is 0.00941. The third-order valence-corrected chi connectivity index (χ3v) is 7.85. The fourth-order valence-electron chi connectivity index (χ4n) is 4.99. The highest BCUT2D eigenvalue weighted by molar-refractivity contribution is 7.99. The predicted molar refractivity (Wildman–Crippen MR) is 154 cm³/mol. The number of hydrogen-bond donors (Lipinski definition) is 2. The maximum atomic E-state index is 13.2. The molecule has 2 atom stereocenters. The van der Waals surface area contributed by atoms with Crippen molar-refractivity contribution in [1.29, 1.82) is 5.26 Å². The zero-order chi connectivity index (χ0) is 28.7. The van der Waals surface area contributed by atoms with Crippen molar-refractivity contribution in [2.24, 2.45) is 0 Å². The van der Waals surface area contributed by atoms with Crippen molar-refractivity contribution in [3.63, 3.8) is 0 Å². The Morgan fingerprint density at radius 1 is 1.05 bits per heavy atom. The van der Waals surface area contributed by atoms with Gasteiger partial charge in [-0.15, -0.1) is 11.8 Å². The number of alkyl carbamates (subject to hydrolysis) is 2. The van der Waals surface area contributed by atoms with Gasteiger partial charge in [0.15, 0.2) is 0 Å². The van der Waals surface area contributed by atoms with Crippen molar-refractivity contribution in [2.45, 2.75) is 63.6 Å². The minimum Gasteiger partial charge on any atom is -0.449 e. The van der Waals surface area contributed by atoms with E-state index in [4.69, 9.17) is 9.47 Å². The molecular weight excluding hydrogens is 528 g/mol. The number of benzene rings is 2. The van der Waals surface area contributed by atoms with Crippen LogP contribution in [0, 0.1) is 11.3 Å². The van der Waals surface area contributed by atoms with Crippen LogP contribution in [0.4, 0.5) is 9.59 Å². The molecule has 9 nitrogen and oxygen atoms in total. The summed E-state index contributed by atoms with van der Waals surface area (Å²) < 4.78 is 10.9. The normalized spacial score (nSPS) is 16.9. The molecule has 2 N–H and O–H groups in total. The molecular formula is C30H36N4O5S. The zero-order valence-corrected chi connectivity index (χ0v) is 24.0. The lowest BCUT2D eigenvalue weighted by Crippen LogP contribution is -2.51. The molecule has 4 rings (SSSR count). The molecule has 1 fully saturated rings. The summed E-state index contributed by atoms with van der Waals surface area (Å²) in [4.78, 5) is 39.5. The summed E-state index contributed by atoms with van der Waals surface area (Å²) in [5.74, 6) is 0.648. The Labute approximate surface area is 239 Å². The molecule has 3 amide bonds. The van der Waals surface area contributed by atoms with Crippen LogP contribution in [0.5, 0.6) is 0 Å². The van der Waals surface area contributed by atoms with E-state index in [9.17, 15) is 19.6 Å². The Kier molecular flexibility index (Phi) is 9.58. The van der Waals surface area contributed by atoms with Crippen LogP contribution >= 0.6 is 11.8 Å². The standard InChI is InChI=1S/C30H36N4O5S/c1-30(2,3)39-29(37)33-26(27(35)34-19-40-18-20(34)16-31)14-8-9-15-32-28(36)38-17-25-23-12-6-4-10-21(23)22-11-5-7-13-24(22)25/h4-7,10-13,20,25-26H,8-9,14-15,17-19H2,1-3H3,(H,32,36)(H,33,37)/t20-,26+/m1/s1. The molecule has 10 heteroatoms. The first-order valence-corrected chi connectivity index (χ1v) is 14.7. The number of nitriles is 1. The maximum absolute atomic E-state index is 13.2. The van der Waals surface area contributed by atoms with Gasteiger partial charge in [-0.1, -0.05) is 48.5 Å². The average molecular weight is 565 g/mol. The van der Waals surface area contributed by atoms with Crippen molar-refractivity contribution in [3.05, 3.63) is 59.7 Å². The first kappa shape index (κ1) is 29.3. The van der Waals surface area contributed by atoms with Crippen LogP contribution in [0.2, 0.25) is 0 Å². The number of unbranched alkanes of at least 4 members (excludes halogenated alkanes) is 1. The van der Waals surface area contributed by atoms with Gasteiger partial charge < -0.3 is 25.0 Å². The predicted octanol–water partition coefficient (Wildman–Crippen LogP) is 5.01. The molecule has 1 heterocycles. The zero-order valence-electron chi connectivity index (χ0n) is 23.1. The van der Waals surface area contributed by atoms with Crippen LogP contribution in [0.1, 0.15) is 57.1 Å². The van der Waals surface area contributed by atoms with Gasteiger partial charge in [0.25, 0.3) is 0 Å². The number of hydrogen-bond acceptors (Lipinski definition) is 7. The van der Waals surface area contributed by atoms with Crippen LogP contribution in [0.3, 0.4) is 0 Å². The van der Waals surface area contributed by atoms with Crippen LogP contribution in [-0.4, -0.2) is 65.5 Å². The highest BCUT2D eigenvalue weighted by Crippen LogP contribution is 2.44. The van der Waals surface area contributed by atoms with E-state index in [1.165, 1.54) is 27.8 Å². The highest BCUT2D eigenvalue weighted by atomic mass is 32.2. The van der Waals surface area contributed by atoms with E-state index in [2.05, 4.69) is 41.0 Å². The fraction of sp³-hybridized carbons (Fsp3) is 0.467. The topological polar surface area (TPSA) is 121 Å². The molecule has 0 unspecified atom stereocenters. The first-order valence-electron chi connectivity index (χ1n) is 13.5. The van der Waals surface area contributed by atoms with E-state index >= 15 is 0 Å². The second-order valence-corrected chi connectivity index (χ2v) is 11.9. The van der Waals surface area contributed by atoms with Crippen molar-refractivity contribution < 1.29 is 23.9 Å². The second kappa shape index (κ2) is 13.1. The number of fused-ring (bicyclic) bond motifs is 3. The SMILES string of the molecule is CC(C)(C)OC(=O)N[C@@H](CCCCNC(=O)OCC1c2ccccc2-c2ccccc21)C(=O)N1CSC[C@H]1C#N. The minimum atomic E-state index is -0.821. The lowest BCUT2D eigenvalue weighted by atomic mass is 9.98. The molecule has 212 valence electrons. The van der Waals surface area contributed by atoms with Gasteiger partial charge in [0, 0.05) is 18.2 Å². The van der Waals surface area contributed by atoms with Gasteiger partial charge in [0.2, 0.25) is 5.91 Å². The summed E-state index contributed by atoms with van der Waals surface area (Å²) in [7, 11) is 0. The first-order chi connectivity index (χ1) is 19.2. The molecule has 0 aromatic heterocycles. The lowest BCUT2D eigenvalue weighted by molar-refractivity contribution is -0.133. The Hall–Kier alpha value is -3.71. The molecule has 40 heavy (non-hydrogen) atoms. The Morgan fingerprint density at radius 2 is 1.70 bits per heavy atom. The monoisotopic (exact) mass is 564 g/mol. The number of nitrogens with zero attached hydrogens (tertiary/aromatic N) is 2. The van der Waals surface area contributed by atoms with Crippen molar-refractivity contribution in [1.82, 2.24) is 15.5 Å². The molecule has 0 spiro atoms. The Bertz CT molecular complexity index is 1230. The number of carbonyl (C=O) groups excluding carboxylic acids is 3. The van der Waals surface area contributed by atoms with E-state index < -0.39 is 29.9 Å². The number of nitrogens with one attached hydrogen (secondary N) is 2. The smallest absolute Gasteiger partial charge is 0.408 e. The summed E-state index contributed by atoms with van der Waals surface area (Å²) in [6.07, 6.45) is 0.327. The van der Waals surface area contributed by atoms with Gasteiger partial charge in [0.05, 0.1) is 11.9 Å². The fourth-order valence-corrected chi connectivity index (χ4v) is 6.07. The number of rotatable bonds is 9. The van der Waals surface area contributed by atoms with E-state index in [-0.39, 0.29) is 18.4 Å². The molecule has 2 aromatic carbocycles. The van der Waals surface area contributed by atoms with Crippen molar-refractivity contribution in [2.75, 3.05) is 24.8 Å². The number of carbonyl (C=O) groups is 3. The maximum Gasteiger partial charge on any atom is 0.408 e. The summed E-state index contributed by atoms with van der Waals surface area (Å²) >= 11 is 1.51. The number of ether oxygens (including phenoxy) is 2. The van der Waals surface area contributed by atoms with Gasteiger partial charge in [-0.25, -0.2) is 9.59 Å². The number of thioether (sulfide) groups is 1. The van der Waals surface area contributed by atoms with Gasteiger partial charge in [0.1, 0.15) is 24.3 Å². The van der Waals surface area contributed by atoms with E-state index in [1.807, 2.05) is 24.3 Å². The van der Waals surface area contributed by atoms with Gasteiger partial charge in [-0.05, 0) is 62.3 Å². The largest absolute Gasteiger partial charge is 0.449 e. The van der Waals surface area contributed by atoms with E-state index in [0.29, 0.717) is 37.4 Å². The molecule has 1 aliphatic carbocycles. The molecule has 2 aromatic rings. The molecule has 0 bridgehead atoms. The third-order valence-electron chi connectivity index (χ3n) is 6.84. The average Bonchev–Trinajstić information content (AvgIpc) is 3.52. The third kappa shape index (κ3) is 7.27. The summed E-state index contributed by atoms with van der Waals surface area (Å²) in [6.45, 7) is 5.86. The summed E-state index contributed by atoms with van der Waals surface area (Å²) in [6, 6.07) is 17.2. The van der Waals surface area contributed by atoms with Gasteiger partial charge in [-0.2, -0.15) is 5.26 Å². The quantitative estimate of drug-likeness (QED) is 0.411. The van der Waals surface area contributed by atoms with Crippen molar-refractivity contribution in [3.8, 4) is 17.2 Å². The highest BCUT2D eigenvalue weighted by Gasteiger charge is 2.35. The Morgan fingerprint density at radius 3 is 2.33 bits per heavy atom. The van der Waals surface area contributed by atoms with Crippen molar-refractivity contribution >= 4 is 29.9 Å². The van der Waals surface area contributed by atoms with Crippen LogP contribution < -0.4 is 10.6 Å². The van der Waals surface area contributed by atoms with E-state index in [0.717, 1.165) is 11.1 Å². The molecule has 2 aliphatic rings. The van der Waals surface area contributed by atoms with Crippen LogP contribution in [0.25, 0.3) is 11.1 Å². The van der Waals surface area contributed by atoms with Gasteiger partial charge >= 0.3 is 12.2 Å². The Balaban J connectivity index is 1.25.